The Kier molecular flexibility index (Phi) is 7.02. The summed E-state index contributed by atoms with van der Waals surface area (Å²) in [5.74, 6) is 0.381. The maximum absolute atomic E-state index is 12.2. The molecule has 0 unspecified atom stereocenters. The van der Waals surface area contributed by atoms with Gasteiger partial charge in [0.1, 0.15) is 5.75 Å². The quantitative estimate of drug-likeness (QED) is 0.717. The van der Waals surface area contributed by atoms with Crippen LogP contribution in [0.3, 0.4) is 0 Å². The van der Waals surface area contributed by atoms with Gasteiger partial charge in [-0.05, 0) is 56.3 Å². The Hall–Kier alpha value is -2.09. The van der Waals surface area contributed by atoms with E-state index in [9.17, 15) is 13.2 Å². The number of hydrogen-bond acceptors (Lipinski definition) is 4. The number of rotatable bonds is 8. The number of carbonyl (C=O) groups is 1. The van der Waals surface area contributed by atoms with E-state index in [2.05, 4.69) is 10.0 Å². The van der Waals surface area contributed by atoms with Gasteiger partial charge in [-0.2, -0.15) is 0 Å². The van der Waals surface area contributed by atoms with Crippen molar-refractivity contribution in [2.24, 2.45) is 0 Å². The fraction of sp³-hybridized carbons (Fsp3) is 0.278. The predicted octanol–water partition coefficient (Wildman–Crippen LogP) is 3.22. The molecule has 0 aliphatic carbocycles. The highest BCUT2D eigenvalue weighted by Crippen LogP contribution is 2.28. The molecule has 140 valence electrons. The number of sulfonamides is 1. The summed E-state index contributed by atoms with van der Waals surface area (Å²) in [5, 5.41) is 3.30. The Morgan fingerprint density at radius 2 is 1.85 bits per heavy atom. The van der Waals surface area contributed by atoms with Gasteiger partial charge in [-0.1, -0.05) is 23.7 Å². The van der Waals surface area contributed by atoms with Gasteiger partial charge in [0.25, 0.3) is 0 Å². The lowest BCUT2D eigenvalue weighted by Crippen LogP contribution is -2.18. The maximum Gasteiger partial charge on any atom is 0.240 e. The van der Waals surface area contributed by atoms with Gasteiger partial charge in [0.15, 0.2) is 0 Å². The van der Waals surface area contributed by atoms with Gasteiger partial charge in [0.05, 0.1) is 17.2 Å². The monoisotopic (exact) mass is 396 g/mol. The minimum atomic E-state index is -3.46. The first-order chi connectivity index (χ1) is 12.4. The summed E-state index contributed by atoms with van der Waals surface area (Å²) in [5.41, 5.74) is 1.39. The Balaban J connectivity index is 1.98. The second-order valence-corrected chi connectivity index (χ2v) is 7.80. The molecule has 0 spiro atoms. The van der Waals surface area contributed by atoms with Gasteiger partial charge in [-0.15, -0.1) is 0 Å². The molecule has 1 amide bonds. The van der Waals surface area contributed by atoms with E-state index in [1.54, 1.807) is 30.3 Å². The van der Waals surface area contributed by atoms with Crippen LogP contribution >= 0.6 is 11.6 Å². The topological polar surface area (TPSA) is 84.5 Å². The van der Waals surface area contributed by atoms with Gasteiger partial charge < -0.3 is 10.1 Å². The van der Waals surface area contributed by atoms with Gasteiger partial charge in [0, 0.05) is 11.4 Å². The molecule has 0 fully saturated rings. The molecule has 6 nitrogen and oxygen atoms in total. The summed E-state index contributed by atoms with van der Waals surface area (Å²) in [4.78, 5) is 12.4. The molecule has 2 N–H and O–H groups in total. The standard InChI is InChI=1S/C18H21ClN2O4S/c1-3-25-17-10-7-14(19)12-16(17)21-18(22)11-6-13-4-8-15(9-5-13)26(23,24)20-2/h4-5,7-10,12,20H,3,6,11H2,1-2H3,(H,21,22). The average molecular weight is 397 g/mol. The number of aryl methyl sites for hydroxylation is 1. The molecule has 2 rings (SSSR count). The highest BCUT2D eigenvalue weighted by atomic mass is 35.5. The van der Waals surface area contributed by atoms with Crippen molar-refractivity contribution < 1.29 is 17.9 Å². The summed E-state index contributed by atoms with van der Waals surface area (Å²) in [6, 6.07) is 11.5. The van der Waals surface area contributed by atoms with E-state index in [4.69, 9.17) is 16.3 Å². The molecule has 0 aliphatic rings. The summed E-state index contributed by atoms with van der Waals surface area (Å²) in [6.45, 7) is 2.34. The predicted molar refractivity (Wildman–Crippen MR) is 102 cm³/mol. The van der Waals surface area contributed by atoms with E-state index in [1.807, 2.05) is 6.92 Å². The van der Waals surface area contributed by atoms with Crippen LogP contribution in [0, 0.1) is 0 Å². The number of halogens is 1. The first-order valence-electron chi connectivity index (χ1n) is 8.10. The molecule has 0 radical (unpaired) electrons. The van der Waals surface area contributed by atoms with Crippen molar-refractivity contribution in [3.05, 3.63) is 53.1 Å². The van der Waals surface area contributed by atoms with Crippen LogP contribution in [0.1, 0.15) is 18.9 Å². The number of anilines is 1. The lowest BCUT2D eigenvalue weighted by molar-refractivity contribution is -0.116. The number of nitrogens with one attached hydrogen (secondary N) is 2. The summed E-state index contributed by atoms with van der Waals surface area (Å²) >= 11 is 5.98. The van der Waals surface area contributed by atoms with E-state index in [1.165, 1.54) is 19.2 Å². The van der Waals surface area contributed by atoms with E-state index in [-0.39, 0.29) is 17.2 Å². The Labute approximate surface area is 158 Å². The van der Waals surface area contributed by atoms with E-state index in [0.717, 1.165) is 5.56 Å². The smallest absolute Gasteiger partial charge is 0.240 e. The maximum atomic E-state index is 12.2. The first kappa shape index (κ1) is 20.2. The number of carbonyl (C=O) groups excluding carboxylic acids is 1. The molecule has 0 aromatic heterocycles. The molecule has 0 atom stereocenters. The molecule has 0 saturated carbocycles. The number of benzene rings is 2. The largest absolute Gasteiger partial charge is 0.492 e. The Bertz CT molecular complexity index is 867. The van der Waals surface area contributed by atoms with Crippen LogP contribution in [0.4, 0.5) is 5.69 Å². The molecule has 0 aliphatic heterocycles. The SMILES string of the molecule is CCOc1ccc(Cl)cc1NC(=O)CCc1ccc(S(=O)(=O)NC)cc1. The first-order valence-corrected chi connectivity index (χ1v) is 9.96. The summed E-state index contributed by atoms with van der Waals surface area (Å²) in [7, 11) is -2.10. The normalized spacial score (nSPS) is 11.2. The lowest BCUT2D eigenvalue weighted by Gasteiger charge is -2.12. The van der Waals surface area contributed by atoms with Gasteiger partial charge in [-0.25, -0.2) is 13.1 Å². The second-order valence-electron chi connectivity index (χ2n) is 5.47. The fourth-order valence-electron chi connectivity index (χ4n) is 2.30. The third kappa shape index (κ3) is 5.45. The van der Waals surface area contributed by atoms with Crippen LogP contribution < -0.4 is 14.8 Å². The van der Waals surface area contributed by atoms with Gasteiger partial charge in [0.2, 0.25) is 15.9 Å². The fourth-order valence-corrected chi connectivity index (χ4v) is 3.21. The zero-order valence-electron chi connectivity index (χ0n) is 14.6. The highest BCUT2D eigenvalue weighted by molar-refractivity contribution is 7.89. The third-order valence-electron chi connectivity index (χ3n) is 3.66. The highest BCUT2D eigenvalue weighted by Gasteiger charge is 2.12. The van der Waals surface area contributed by atoms with Crippen molar-refractivity contribution >= 4 is 33.2 Å². The van der Waals surface area contributed by atoms with Crippen molar-refractivity contribution in [3.63, 3.8) is 0 Å². The molecule has 2 aromatic carbocycles. The third-order valence-corrected chi connectivity index (χ3v) is 5.32. The Morgan fingerprint density at radius 3 is 2.46 bits per heavy atom. The van der Waals surface area contributed by atoms with Crippen molar-refractivity contribution in [3.8, 4) is 5.75 Å². The van der Waals surface area contributed by atoms with Crippen LogP contribution in [0.2, 0.25) is 5.02 Å². The van der Waals surface area contributed by atoms with E-state index < -0.39 is 10.0 Å². The van der Waals surface area contributed by atoms with Crippen LogP contribution in [0.15, 0.2) is 47.4 Å². The van der Waals surface area contributed by atoms with Crippen LogP contribution in [-0.4, -0.2) is 28.0 Å². The van der Waals surface area contributed by atoms with Crippen LogP contribution in [0.25, 0.3) is 0 Å². The number of hydrogen-bond donors (Lipinski definition) is 2. The van der Waals surface area contributed by atoms with E-state index in [0.29, 0.717) is 29.5 Å². The number of ether oxygens (including phenoxy) is 1. The number of amides is 1. The molecule has 2 aromatic rings. The molecular formula is C18H21ClN2O4S. The molecule has 26 heavy (non-hydrogen) atoms. The van der Waals surface area contributed by atoms with Crippen molar-refractivity contribution in [1.82, 2.24) is 4.72 Å². The second kappa shape index (κ2) is 9.02. The van der Waals surface area contributed by atoms with Gasteiger partial charge >= 0.3 is 0 Å². The minimum Gasteiger partial charge on any atom is -0.492 e. The van der Waals surface area contributed by atoms with E-state index >= 15 is 0 Å². The van der Waals surface area contributed by atoms with Crippen molar-refractivity contribution in [2.45, 2.75) is 24.7 Å². The molecular weight excluding hydrogens is 376 g/mol. The van der Waals surface area contributed by atoms with Crippen LogP contribution in [0.5, 0.6) is 5.75 Å². The average Bonchev–Trinajstić information content (AvgIpc) is 2.63. The minimum absolute atomic E-state index is 0.180. The van der Waals surface area contributed by atoms with Crippen molar-refractivity contribution in [2.75, 3.05) is 19.0 Å². The summed E-state index contributed by atoms with van der Waals surface area (Å²) in [6.07, 6.45) is 0.729. The molecule has 0 saturated heterocycles. The molecule has 0 heterocycles. The Morgan fingerprint density at radius 1 is 1.15 bits per heavy atom. The van der Waals surface area contributed by atoms with Crippen LogP contribution in [-0.2, 0) is 21.2 Å². The lowest BCUT2D eigenvalue weighted by atomic mass is 10.1. The van der Waals surface area contributed by atoms with Gasteiger partial charge in [-0.3, -0.25) is 4.79 Å². The molecule has 0 bridgehead atoms. The molecule has 8 heteroatoms. The summed E-state index contributed by atoms with van der Waals surface area (Å²) < 4.78 is 31.1. The zero-order chi connectivity index (χ0) is 19.2. The van der Waals surface area contributed by atoms with Crippen molar-refractivity contribution in [1.29, 1.82) is 0 Å². The zero-order valence-corrected chi connectivity index (χ0v) is 16.2.